The number of hydrogen-bond acceptors (Lipinski definition) is 10. The van der Waals surface area contributed by atoms with Crippen molar-refractivity contribution < 1.29 is 47.9 Å². The van der Waals surface area contributed by atoms with Gasteiger partial charge >= 0.3 is 17.9 Å². The van der Waals surface area contributed by atoms with Crippen LogP contribution in [0.2, 0.25) is 0 Å². The molecule has 2 aromatic carbocycles. The molecule has 0 bridgehead atoms. The van der Waals surface area contributed by atoms with Gasteiger partial charge in [0.2, 0.25) is 0 Å². The Balaban J connectivity index is 1.93. The summed E-state index contributed by atoms with van der Waals surface area (Å²) in [4.78, 5) is 37.9. The van der Waals surface area contributed by atoms with E-state index < -0.39 is 41.8 Å². The molecule has 3 unspecified atom stereocenters. The van der Waals surface area contributed by atoms with Gasteiger partial charge < -0.3 is 33.5 Å². The molecule has 0 spiro atoms. The second kappa shape index (κ2) is 17.6. The number of esters is 3. The predicted octanol–water partition coefficient (Wildman–Crippen LogP) is 4.97. The molecular weight excluding hydrogens is 568 g/mol. The van der Waals surface area contributed by atoms with Crippen molar-refractivity contribution in [2.45, 2.75) is 52.6 Å². The van der Waals surface area contributed by atoms with Crippen LogP contribution in [0.15, 0.2) is 97.1 Å². The van der Waals surface area contributed by atoms with E-state index in [0.29, 0.717) is 17.1 Å². The Morgan fingerprint density at radius 3 is 1.75 bits per heavy atom. The van der Waals surface area contributed by atoms with E-state index in [1.54, 1.807) is 57.2 Å². The van der Waals surface area contributed by atoms with Crippen molar-refractivity contribution in [3.63, 3.8) is 0 Å². The lowest BCUT2D eigenvalue weighted by Gasteiger charge is -2.26. The molecule has 0 aliphatic carbocycles. The molecule has 10 heteroatoms. The Kier molecular flexibility index (Phi) is 14.4. The molecule has 0 aliphatic rings. The van der Waals surface area contributed by atoms with Gasteiger partial charge in [-0.3, -0.25) is 4.79 Å². The fourth-order valence-electron chi connectivity index (χ4n) is 3.52. The number of ether oxygens (including phenoxy) is 6. The first kappa shape index (κ1) is 35.8. The lowest BCUT2D eigenvalue weighted by atomic mass is 9.86. The number of carbonyl (C=O) groups is 3. The minimum absolute atomic E-state index is 0.00774. The van der Waals surface area contributed by atoms with Gasteiger partial charge in [0.15, 0.2) is 12.4 Å². The van der Waals surface area contributed by atoms with E-state index in [-0.39, 0.29) is 44.0 Å². The second-order valence-electron chi connectivity index (χ2n) is 10.9. The Morgan fingerprint density at radius 1 is 0.750 bits per heavy atom. The van der Waals surface area contributed by atoms with Crippen LogP contribution < -0.4 is 9.47 Å². The molecule has 44 heavy (non-hydrogen) atoms. The van der Waals surface area contributed by atoms with Gasteiger partial charge in [0.25, 0.3) is 0 Å². The highest BCUT2D eigenvalue weighted by atomic mass is 16.6. The van der Waals surface area contributed by atoms with Gasteiger partial charge in [-0.15, -0.1) is 0 Å². The van der Waals surface area contributed by atoms with Crippen LogP contribution >= 0.6 is 0 Å². The van der Waals surface area contributed by atoms with E-state index in [4.69, 9.17) is 28.4 Å². The lowest BCUT2D eigenvalue weighted by Crippen LogP contribution is -2.36. The Bertz CT molecular complexity index is 1270. The second-order valence-corrected chi connectivity index (χ2v) is 10.9. The van der Waals surface area contributed by atoms with Crippen LogP contribution in [0, 0.1) is 5.41 Å². The highest BCUT2D eigenvalue weighted by molar-refractivity contribution is 5.89. The summed E-state index contributed by atoms with van der Waals surface area (Å²) in [7, 11) is 0. The summed E-state index contributed by atoms with van der Waals surface area (Å²) in [5.74, 6) is -0.931. The van der Waals surface area contributed by atoms with Gasteiger partial charge in [0.1, 0.15) is 44.0 Å². The third kappa shape index (κ3) is 12.8. The first-order chi connectivity index (χ1) is 20.8. The highest BCUT2D eigenvalue weighted by Crippen LogP contribution is 2.27. The van der Waals surface area contributed by atoms with Crippen LogP contribution in [-0.4, -0.2) is 67.9 Å². The van der Waals surface area contributed by atoms with Crippen LogP contribution in [-0.2, 0) is 33.3 Å². The minimum atomic E-state index is -1.28. The van der Waals surface area contributed by atoms with E-state index in [1.807, 2.05) is 24.3 Å². The van der Waals surface area contributed by atoms with E-state index in [1.165, 1.54) is 6.92 Å². The van der Waals surface area contributed by atoms with Gasteiger partial charge in [0.05, 0.1) is 5.41 Å². The van der Waals surface area contributed by atoms with Crippen LogP contribution in [0.1, 0.15) is 34.1 Å². The molecule has 0 saturated heterocycles. The third-order valence-corrected chi connectivity index (χ3v) is 6.02. The monoisotopic (exact) mass is 610 g/mol. The van der Waals surface area contributed by atoms with Gasteiger partial charge in [-0.25, -0.2) is 9.59 Å². The van der Waals surface area contributed by atoms with E-state index in [2.05, 4.69) is 19.7 Å². The number of carbonyl (C=O) groups excluding carboxylic acids is 3. The number of aliphatic hydroxyl groups is 1. The molecule has 0 radical (unpaired) electrons. The van der Waals surface area contributed by atoms with E-state index in [9.17, 15) is 19.5 Å². The molecule has 0 amide bonds. The van der Waals surface area contributed by atoms with Crippen LogP contribution in [0.3, 0.4) is 0 Å². The smallest absolute Gasteiger partial charge is 0.333 e. The summed E-state index contributed by atoms with van der Waals surface area (Å²) in [6, 6.07) is 17.9. The zero-order chi connectivity index (χ0) is 32.7. The number of hydrogen-bond donors (Lipinski definition) is 1. The number of para-hydroxylation sites is 2. The van der Waals surface area contributed by atoms with Gasteiger partial charge in [-0.05, 0) is 64.0 Å². The molecule has 2 aromatic rings. The van der Waals surface area contributed by atoms with Gasteiger partial charge in [0, 0.05) is 11.1 Å². The molecule has 238 valence electrons. The standard InChI is InChI=1S/C34H42O10/c1-23(2)30(35)43-28(19-39-26-14-10-8-11-15-26)21-41-32(37)25(5)18-34(6,7)33(38)42-22-29(44-31(36)24(3)4)20-40-27-16-12-9-13-17-27/h8-17,28-29,31,36H,1,3,5,18-22H2,2,4,6-7H3. The summed E-state index contributed by atoms with van der Waals surface area (Å²) in [6.45, 7) is 16.7. The average Bonchev–Trinajstić information content (AvgIpc) is 2.99. The van der Waals surface area contributed by atoms with Crippen molar-refractivity contribution in [3.8, 4) is 11.5 Å². The molecule has 0 fully saturated rings. The fraction of sp³-hybridized carbons (Fsp3) is 0.382. The lowest BCUT2D eigenvalue weighted by molar-refractivity contribution is -0.170. The maximum atomic E-state index is 13.0. The molecule has 1 N–H and O–H groups in total. The Hall–Kier alpha value is -4.41. The van der Waals surface area contributed by atoms with Crippen molar-refractivity contribution >= 4 is 17.9 Å². The van der Waals surface area contributed by atoms with Gasteiger partial charge in [-0.2, -0.15) is 0 Å². The summed E-state index contributed by atoms with van der Waals surface area (Å²) in [5.41, 5.74) is -0.603. The predicted molar refractivity (Wildman–Crippen MR) is 164 cm³/mol. The molecule has 10 nitrogen and oxygen atoms in total. The quantitative estimate of drug-likeness (QED) is 0.0766. The van der Waals surface area contributed by atoms with Crippen molar-refractivity contribution in [2.75, 3.05) is 26.4 Å². The number of rotatable bonds is 19. The highest BCUT2D eigenvalue weighted by Gasteiger charge is 2.33. The molecule has 3 atom stereocenters. The summed E-state index contributed by atoms with van der Waals surface area (Å²) < 4.78 is 33.1. The van der Waals surface area contributed by atoms with Crippen molar-refractivity contribution in [3.05, 3.63) is 97.1 Å². The van der Waals surface area contributed by atoms with Crippen molar-refractivity contribution in [1.29, 1.82) is 0 Å². The number of aliphatic hydroxyl groups excluding tert-OH is 1. The Labute approximate surface area is 258 Å². The third-order valence-electron chi connectivity index (χ3n) is 6.02. The average molecular weight is 611 g/mol. The number of benzene rings is 2. The van der Waals surface area contributed by atoms with Crippen molar-refractivity contribution in [1.82, 2.24) is 0 Å². The first-order valence-corrected chi connectivity index (χ1v) is 14.0. The largest absolute Gasteiger partial charge is 0.491 e. The molecule has 0 heterocycles. The molecule has 0 saturated carbocycles. The van der Waals surface area contributed by atoms with Crippen LogP contribution in [0.4, 0.5) is 0 Å². The molecule has 2 rings (SSSR count). The summed E-state index contributed by atoms with van der Waals surface area (Å²) in [6.07, 6.45) is -3.09. The zero-order valence-corrected chi connectivity index (χ0v) is 25.8. The van der Waals surface area contributed by atoms with Crippen molar-refractivity contribution in [2.24, 2.45) is 5.41 Å². The normalized spacial score (nSPS) is 13.0. The molecule has 0 aliphatic heterocycles. The molecular formula is C34H42O10. The van der Waals surface area contributed by atoms with Gasteiger partial charge in [-0.1, -0.05) is 56.1 Å². The SMILES string of the molecule is C=C(C)C(=O)OC(COC(=O)C(=C)CC(C)(C)C(=O)OCC(COc1ccccc1)OC(O)C(=C)C)COc1ccccc1. The zero-order valence-electron chi connectivity index (χ0n) is 25.8. The summed E-state index contributed by atoms with van der Waals surface area (Å²) >= 11 is 0. The summed E-state index contributed by atoms with van der Waals surface area (Å²) in [5, 5.41) is 10.1. The van der Waals surface area contributed by atoms with E-state index >= 15 is 0 Å². The van der Waals surface area contributed by atoms with E-state index in [0.717, 1.165) is 0 Å². The maximum Gasteiger partial charge on any atom is 0.333 e. The topological polar surface area (TPSA) is 127 Å². The van der Waals surface area contributed by atoms with Crippen LogP contribution in [0.5, 0.6) is 11.5 Å². The fourth-order valence-corrected chi connectivity index (χ4v) is 3.52. The maximum absolute atomic E-state index is 13.0. The molecule has 0 aromatic heterocycles. The minimum Gasteiger partial charge on any atom is -0.491 e. The Morgan fingerprint density at radius 2 is 1.25 bits per heavy atom. The van der Waals surface area contributed by atoms with Crippen LogP contribution in [0.25, 0.3) is 0 Å². The first-order valence-electron chi connectivity index (χ1n) is 14.0.